The van der Waals surface area contributed by atoms with Gasteiger partial charge in [0.2, 0.25) is 0 Å². The van der Waals surface area contributed by atoms with Gasteiger partial charge >= 0.3 is 0 Å². The molecule has 0 aromatic heterocycles. The molecule has 0 radical (unpaired) electrons. The van der Waals surface area contributed by atoms with Crippen molar-refractivity contribution in [1.29, 1.82) is 0 Å². The largest absolute Gasteiger partial charge is 0.166 e. The highest BCUT2D eigenvalue weighted by atomic mass is 32.2. The zero-order chi connectivity index (χ0) is 12.9. The summed E-state index contributed by atoms with van der Waals surface area (Å²) in [4.78, 5) is 0. The molecule has 0 atom stereocenters. The van der Waals surface area contributed by atoms with E-state index in [1.165, 1.54) is 22.9 Å². The van der Waals surface area contributed by atoms with Crippen molar-refractivity contribution in [2.45, 2.75) is 27.2 Å². The van der Waals surface area contributed by atoms with Gasteiger partial charge in [0.15, 0.2) is 0 Å². The molecule has 0 nitrogen and oxygen atoms in total. The molecule has 0 aliphatic heterocycles. The lowest BCUT2D eigenvalue weighted by Crippen LogP contribution is -1.67. The van der Waals surface area contributed by atoms with Gasteiger partial charge in [-0.1, -0.05) is 75.7 Å². The van der Waals surface area contributed by atoms with Crippen LogP contribution >= 0.6 is 11.8 Å². The maximum absolute atomic E-state index is 2.14. The minimum absolute atomic E-state index is 1.24. The number of hydrogen-bond donors (Lipinski definition) is 0. The Balaban J connectivity index is 0.000000311. The monoisotopic (exact) mass is 248 g/mol. The average molecular weight is 248 g/mol. The summed E-state index contributed by atoms with van der Waals surface area (Å²) in [6.07, 6.45) is 3.35. The predicted molar refractivity (Wildman–Crippen MR) is 84.0 cm³/mol. The van der Waals surface area contributed by atoms with Crippen LogP contribution in [0.3, 0.4) is 0 Å². The quantitative estimate of drug-likeness (QED) is 0.630. The molecule has 0 N–H and O–H groups in total. The van der Waals surface area contributed by atoms with Gasteiger partial charge in [0.25, 0.3) is 0 Å². The lowest BCUT2D eigenvalue weighted by atomic mass is 10.1. The van der Waals surface area contributed by atoms with E-state index in [1.54, 1.807) is 0 Å². The first-order valence-corrected chi connectivity index (χ1v) is 7.62. The molecule has 0 spiro atoms. The van der Waals surface area contributed by atoms with E-state index in [2.05, 4.69) is 75.6 Å². The van der Waals surface area contributed by atoms with E-state index in [4.69, 9.17) is 0 Å². The Morgan fingerprint density at radius 3 is 1.18 bits per heavy atom. The lowest BCUT2D eigenvalue weighted by molar-refractivity contribution is 1.09. The number of thioether (sulfide) groups is 1. The Bertz CT molecular complexity index is 314. The van der Waals surface area contributed by atoms with Crippen molar-refractivity contribution < 1.29 is 0 Å². The van der Waals surface area contributed by atoms with Crippen molar-refractivity contribution in [1.82, 2.24) is 0 Å². The number of fused-ring (bicyclic) bond motifs is 1. The summed E-state index contributed by atoms with van der Waals surface area (Å²) in [5.41, 5.74) is 0. The summed E-state index contributed by atoms with van der Waals surface area (Å²) in [5, 5.41) is 2.62. The normalized spacial score (nSPS) is 8.71. The van der Waals surface area contributed by atoms with Crippen LogP contribution in [0.25, 0.3) is 10.8 Å². The van der Waals surface area contributed by atoms with Gasteiger partial charge < -0.3 is 0 Å². The Labute approximate surface area is 110 Å². The Morgan fingerprint density at radius 2 is 1.00 bits per heavy atom. The summed E-state index contributed by atoms with van der Waals surface area (Å²) in [6, 6.07) is 16.7. The minimum atomic E-state index is 1.24. The van der Waals surface area contributed by atoms with Gasteiger partial charge in [0, 0.05) is 0 Å². The second-order valence-corrected chi connectivity index (χ2v) is 4.79. The zero-order valence-corrected chi connectivity index (χ0v) is 12.3. The lowest BCUT2D eigenvalue weighted by Gasteiger charge is -1.92. The third-order valence-corrected chi connectivity index (χ3v) is 2.52. The van der Waals surface area contributed by atoms with Gasteiger partial charge in [-0.05, 0) is 22.8 Å². The van der Waals surface area contributed by atoms with Crippen molar-refractivity contribution in [3.05, 3.63) is 48.5 Å². The summed E-state index contributed by atoms with van der Waals surface area (Å²) in [5.74, 6) is 1.24. The fourth-order valence-electron chi connectivity index (χ4n) is 1.13. The third-order valence-electron chi connectivity index (χ3n) is 1.95. The summed E-state index contributed by atoms with van der Waals surface area (Å²) >= 11 is 1.86. The van der Waals surface area contributed by atoms with Crippen LogP contribution in [0.15, 0.2) is 48.5 Å². The number of benzene rings is 2. The maximum atomic E-state index is 2.14. The molecule has 0 saturated carbocycles. The SMILES string of the molecule is CCC.CCSC.c1ccc2ccccc2c1. The van der Waals surface area contributed by atoms with E-state index in [9.17, 15) is 0 Å². The van der Waals surface area contributed by atoms with Crippen LogP contribution in [0, 0.1) is 0 Å². The van der Waals surface area contributed by atoms with Gasteiger partial charge in [-0.25, -0.2) is 0 Å². The first-order valence-electron chi connectivity index (χ1n) is 6.22. The van der Waals surface area contributed by atoms with Crippen LogP contribution in [0.5, 0.6) is 0 Å². The van der Waals surface area contributed by atoms with E-state index in [0.29, 0.717) is 0 Å². The van der Waals surface area contributed by atoms with Crippen molar-refractivity contribution in [3.8, 4) is 0 Å². The number of hydrogen-bond acceptors (Lipinski definition) is 1. The highest BCUT2D eigenvalue weighted by Crippen LogP contribution is 2.11. The van der Waals surface area contributed by atoms with Crippen LogP contribution in [0.1, 0.15) is 27.2 Å². The second kappa shape index (κ2) is 11.5. The van der Waals surface area contributed by atoms with Crippen LogP contribution in [-0.4, -0.2) is 12.0 Å². The molecule has 0 fully saturated rings. The van der Waals surface area contributed by atoms with E-state index < -0.39 is 0 Å². The Kier molecular flexibility index (Phi) is 10.9. The topological polar surface area (TPSA) is 0 Å². The van der Waals surface area contributed by atoms with Crippen molar-refractivity contribution in [3.63, 3.8) is 0 Å². The Morgan fingerprint density at radius 1 is 0.765 bits per heavy atom. The molecule has 0 saturated heterocycles. The zero-order valence-electron chi connectivity index (χ0n) is 11.4. The molecule has 1 heteroatoms. The predicted octanol–water partition coefficient (Wildman–Crippen LogP) is 5.63. The molecule has 2 rings (SSSR count). The van der Waals surface area contributed by atoms with E-state index in [-0.39, 0.29) is 0 Å². The van der Waals surface area contributed by atoms with Crippen molar-refractivity contribution in [2.75, 3.05) is 12.0 Å². The molecule has 2 aromatic carbocycles. The van der Waals surface area contributed by atoms with Crippen LogP contribution in [0.4, 0.5) is 0 Å². The highest BCUT2D eigenvalue weighted by molar-refractivity contribution is 7.98. The standard InChI is InChI=1S/C10H8.C3H8S.C3H8/c1-2-6-10-8-4-3-7-9(10)5-1;1-3-4-2;1-3-2/h1-8H;3H2,1-2H3;3H2,1-2H3. The van der Waals surface area contributed by atoms with Crippen molar-refractivity contribution >= 4 is 22.5 Å². The maximum Gasteiger partial charge on any atom is -0.00988 e. The van der Waals surface area contributed by atoms with E-state index in [0.717, 1.165) is 0 Å². The fourth-order valence-corrected chi connectivity index (χ4v) is 1.13. The molecule has 0 bridgehead atoms. The van der Waals surface area contributed by atoms with E-state index >= 15 is 0 Å². The first kappa shape index (κ1) is 16.1. The first-order chi connectivity index (χ1) is 8.29. The molecule has 0 heterocycles. The molecule has 0 amide bonds. The van der Waals surface area contributed by atoms with Crippen molar-refractivity contribution in [2.24, 2.45) is 0 Å². The van der Waals surface area contributed by atoms with Gasteiger partial charge in [0.05, 0.1) is 0 Å². The summed E-state index contributed by atoms with van der Waals surface area (Å²) < 4.78 is 0. The number of rotatable bonds is 1. The molecule has 17 heavy (non-hydrogen) atoms. The molecular formula is C16H24S. The van der Waals surface area contributed by atoms with Gasteiger partial charge in [-0.3, -0.25) is 0 Å². The molecule has 0 unspecified atom stereocenters. The Hall–Kier alpha value is -0.950. The highest BCUT2D eigenvalue weighted by Gasteiger charge is 1.85. The average Bonchev–Trinajstić information content (AvgIpc) is 2.40. The van der Waals surface area contributed by atoms with Crippen LogP contribution in [0.2, 0.25) is 0 Å². The van der Waals surface area contributed by atoms with Gasteiger partial charge in [-0.2, -0.15) is 11.8 Å². The van der Waals surface area contributed by atoms with Gasteiger partial charge in [-0.15, -0.1) is 0 Å². The van der Waals surface area contributed by atoms with Gasteiger partial charge in [0.1, 0.15) is 0 Å². The molecule has 2 aromatic rings. The minimum Gasteiger partial charge on any atom is -0.166 e. The molecular weight excluding hydrogens is 224 g/mol. The van der Waals surface area contributed by atoms with Crippen LogP contribution in [-0.2, 0) is 0 Å². The fraction of sp³-hybridized carbons (Fsp3) is 0.375. The molecule has 0 aliphatic rings. The van der Waals surface area contributed by atoms with E-state index in [1.807, 2.05) is 11.8 Å². The summed E-state index contributed by atoms with van der Waals surface area (Å²) in [7, 11) is 0. The third kappa shape index (κ3) is 7.87. The summed E-state index contributed by atoms with van der Waals surface area (Å²) in [6.45, 7) is 6.39. The molecule has 0 aliphatic carbocycles. The smallest absolute Gasteiger partial charge is 0.00988 e. The second-order valence-electron chi connectivity index (χ2n) is 3.63. The van der Waals surface area contributed by atoms with Crippen LogP contribution < -0.4 is 0 Å². The molecule has 94 valence electrons.